The Morgan fingerprint density at radius 2 is 1.59 bits per heavy atom. The molecule has 6 heteroatoms. The summed E-state index contributed by atoms with van der Waals surface area (Å²) in [5.74, 6) is -0.0369. The van der Waals surface area contributed by atoms with E-state index in [2.05, 4.69) is 0 Å². The van der Waals surface area contributed by atoms with Gasteiger partial charge >= 0.3 is 0 Å². The summed E-state index contributed by atoms with van der Waals surface area (Å²) in [4.78, 5) is 15.0. The second kappa shape index (κ2) is 8.67. The number of hydrogen-bond acceptors (Lipinski definition) is 3. The van der Waals surface area contributed by atoms with Gasteiger partial charge in [-0.1, -0.05) is 47.5 Å². The summed E-state index contributed by atoms with van der Waals surface area (Å²) < 4.78 is 27.6. The first-order valence-corrected chi connectivity index (χ1v) is 11.5. The lowest BCUT2D eigenvalue weighted by atomic mass is 9.96. The topological polar surface area (TPSA) is 57.7 Å². The molecule has 0 radical (unpaired) electrons. The van der Waals surface area contributed by atoms with E-state index in [0.717, 1.165) is 16.7 Å². The van der Waals surface area contributed by atoms with Gasteiger partial charge in [0, 0.05) is 32.6 Å². The molecular formula is C23H30N2O3S. The van der Waals surface area contributed by atoms with Crippen molar-refractivity contribution in [2.45, 2.75) is 45.1 Å². The van der Waals surface area contributed by atoms with Crippen molar-refractivity contribution in [1.29, 1.82) is 0 Å². The van der Waals surface area contributed by atoms with E-state index >= 15 is 0 Å². The standard InChI is InChI=1S/C23H30N2O3S/c1-17-5-8-20(9-6-17)16-24(4)23(26)21-11-13-25(14-12-21)29(27,28)22-10-7-18(2)15-19(22)3/h5-10,15,21H,11-14,16H2,1-4H3. The minimum atomic E-state index is -3.52. The molecule has 156 valence electrons. The number of aryl methyl sites for hydroxylation is 3. The molecule has 0 N–H and O–H groups in total. The van der Waals surface area contributed by atoms with E-state index in [-0.39, 0.29) is 11.8 Å². The van der Waals surface area contributed by atoms with Crippen molar-refractivity contribution in [3.63, 3.8) is 0 Å². The zero-order valence-electron chi connectivity index (χ0n) is 17.7. The third kappa shape index (κ3) is 4.87. The molecule has 29 heavy (non-hydrogen) atoms. The van der Waals surface area contributed by atoms with Crippen LogP contribution < -0.4 is 0 Å². The molecule has 0 unspecified atom stereocenters. The fourth-order valence-corrected chi connectivity index (χ4v) is 5.60. The molecule has 0 saturated carbocycles. The van der Waals surface area contributed by atoms with Gasteiger partial charge in [0.15, 0.2) is 0 Å². The molecule has 0 aliphatic carbocycles. The highest BCUT2D eigenvalue weighted by molar-refractivity contribution is 7.89. The molecule has 2 aromatic carbocycles. The molecule has 1 fully saturated rings. The van der Waals surface area contributed by atoms with Gasteiger partial charge in [-0.05, 0) is 50.8 Å². The molecule has 3 rings (SSSR count). The quantitative estimate of drug-likeness (QED) is 0.750. The van der Waals surface area contributed by atoms with Crippen molar-refractivity contribution < 1.29 is 13.2 Å². The number of nitrogens with zero attached hydrogens (tertiary/aromatic N) is 2. The van der Waals surface area contributed by atoms with E-state index in [9.17, 15) is 13.2 Å². The van der Waals surface area contributed by atoms with Crippen molar-refractivity contribution in [3.05, 3.63) is 64.7 Å². The Balaban J connectivity index is 1.62. The van der Waals surface area contributed by atoms with E-state index in [1.165, 1.54) is 9.87 Å². The zero-order valence-corrected chi connectivity index (χ0v) is 18.5. The average Bonchev–Trinajstić information content (AvgIpc) is 2.69. The second-order valence-electron chi connectivity index (χ2n) is 8.13. The van der Waals surface area contributed by atoms with Gasteiger partial charge in [0.1, 0.15) is 0 Å². The summed E-state index contributed by atoms with van der Waals surface area (Å²) in [5.41, 5.74) is 4.10. The van der Waals surface area contributed by atoms with Gasteiger partial charge < -0.3 is 4.90 Å². The Morgan fingerprint density at radius 1 is 1.00 bits per heavy atom. The normalized spacial score (nSPS) is 16.0. The van der Waals surface area contributed by atoms with Crippen molar-refractivity contribution in [2.24, 2.45) is 5.92 Å². The van der Waals surface area contributed by atoms with Crippen LogP contribution >= 0.6 is 0 Å². The number of piperidine rings is 1. The first-order valence-electron chi connectivity index (χ1n) is 10.1. The van der Waals surface area contributed by atoms with Crippen LogP contribution in [0.1, 0.15) is 35.1 Å². The third-order valence-corrected chi connectivity index (χ3v) is 7.73. The molecule has 1 aliphatic heterocycles. The summed E-state index contributed by atoms with van der Waals surface area (Å²) in [6.07, 6.45) is 1.11. The molecule has 5 nitrogen and oxygen atoms in total. The van der Waals surface area contributed by atoms with Crippen LogP contribution in [0.25, 0.3) is 0 Å². The summed E-state index contributed by atoms with van der Waals surface area (Å²) in [5, 5.41) is 0. The maximum absolute atomic E-state index is 13.0. The highest BCUT2D eigenvalue weighted by Crippen LogP contribution is 2.27. The van der Waals surface area contributed by atoms with Crippen LogP contribution in [-0.2, 0) is 21.4 Å². The summed E-state index contributed by atoms with van der Waals surface area (Å²) in [6, 6.07) is 13.6. The fourth-order valence-electron chi connectivity index (χ4n) is 3.93. The van der Waals surface area contributed by atoms with E-state index in [0.29, 0.717) is 37.4 Å². The monoisotopic (exact) mass is 414 g/mol. The minimum Gasteiger partial charge on any atom is -0.341 e. The number of amides is 1. The molecular weight excluding hydrogens is 384 g/mol. The summed E-state index contributed by atoms with van der Waals surface area (Å²) in [7, 11) is -1.70. The number of sulfonamides is 1. The molecule has 0 aromatic heterocycles. The second-order valence-corrected chi connectivity index (χ2v) is 10.0. The Kier molecular flexibility index (Phi) is 6.44. The van der Waals surface area contributed by atoms with Gasteiger partial charge in [-0.25, -0.2) is 8.42 Å². The van der Waals surface area contributed by atoms with Crippen molar-refractivity contribution >= 4 is 15.9 Å². The van der Waals surface area contributed by atoms with Gasteiger partial charge in [-0.3, -0.25) is 4.79 Å². The number of carbonyl (C=O) groups excluding carboxylic acids is 1. The number of carbonyl (C=O) groups is 1. The van der Waals surface area contributed by atoms with Crippen LogP contribution in [0, 0.1) is 26.7 Å². The Morgan fingerprint density at radius 3 is 2.17 bits per heavy atom. The molecule has 0 bridgehead atoms. The van der Waals surface area contributed by atoms with Crippen LogP contribution in [0.3, 0.4) is 0 Å². The molecule has 1 saturated heterocycles. The minimum absolute atomic E-state index is 0.0918. The van der Waals surface area contributed by atoms with Crippen molar-refractivity contribution in [2.75, 3.05) is 20.1 Å². The predicted octanol–water partition coefficient (Wildman–Crippen LogP) is 3.67. The van der Waals surface area contributed by atoms with Crippen molar-refractivity contribution in [1.82, 2.24) is 9.21 Å². The Bertz CT molecular complexity index is 976. The molecule has 0 atom stereocenters. The molecule has 0 spiro atoms. The molecule has 2 aromatic rings. The number of hydrogen-bond donors (Lipinski definition) is 0. The summed E-state index contributed by atoms with van der Waals surface area (Å²) >= 11 is 0. The fraction of sp³-hybridized carbons (Fsp3) is 0.435. The SMILES string of the molecule is Cc1ccc(CN(C)C(=O)C2CCN(S(=O)(=O)c3ccc(C)cc3C)CC2)cc1. The number of benzene rings is 2. The predicted molar refractivity (Wildman–Crippen MR) is 115 cm³/mol. The lowest BCUT2D eigenvalue weighted by molar-refractivity contribution is -0.135. The van der Waals surface area contributed by atoms with Gasteiger partial charge in [-0.2, -0.15) is 4.31 Å². The first kappa shape index (κ1) is 21.5. The highest BCUT2D eigenvalue weighted by atomic mass is 32.2. The lowest BCUT2D eigenvalue weighted by Gasteiger charge is -2.33. The van der Waals surface area contributed by atoms with Gasteiger partial charge in [-0.15, -0.1) is 0 Å². The van der Waals surface area contributed by atoms with Crippen LogP contribution in [-0.4, -0.2) is 43.7 Å². The van der Waals surface area contributed by atoms with E-state index in [1.807, 2.05) is 64.2 Å². The van der Waals surface area contributed by atoms with Gasteiger partial charge in [0.25, 0.3) is 0 Å². The van der Waals surface area contributed by atoms with Gasteiger partial charge in [0.05, 0.1) is 4.90 Å². The average molecular weight is 415 g/mol. The lowest BCUT2D eigenvalue weighted by Crippen LogP contribution is -2.43. The van der Waals surface area contributed by atoms with Gasteiger partial charge in [0.2, 0.25) is 15.9 Å². The Labute approximate surface area is 174 Å². The number of rotatable bonds is 5. The maximum atomic E-state index is 13.0. The van der Waals surface area contributed by atoms with Crippen molar-refractivity contribution in [3.8, 4) is 0 Å². The summed E-state index contributed by atoms with van der Waals surface area (Å²) in [6.45, 7) is 7.15. The molecule has 1 aliphatic rings. The van der Waals surface area contributed by atoms with Crippen LogP contribution in [0.2, 0.25) is 0 Å². The smallest absolute Gasteiger partial charge is 0.243 e. The first-order chi connectivity index (χ1) is 13.7. The Hall–Kier alpha value is -2.18. The molecule has 1 amide bonds. The van der Waals surface area contributed by atoms with Crippen LogP contribution in [0.5, 0.6) is 0 Å². The maximum Gasteiger partial charge on any atom is 0.243 e. The van der Waals surface area contributed by atoms with Crippen LogP contribution in [0.15, 0.2) is 47.4 Å². The third-order valence-electron chi connectivity index (χ3n) is 5.67. The van der Waals surface area contributed by atoms with E-state index in [1.54, 1.807) is 11.0 Å². The van der Waals surface area contributed by atoms with E-state index < -0.39 is 10.0 Å². The van der Waals surface area contributed by atoms with Crippen LogP contribution in [0.4, 0.5) is 0 Å². The largest absolute Gasteiger partial charge is 0.341 e. The zero-order chi connectivity index (χ0) is 21.2. The van der Waals surface area contributed by atoms with E-state index in [4.69, 9.17) is 0 Å². The molecule has 1 heterocycles. The highest BCUT2D eigenvalue weighted by Gasteiger charge is 2.33.